The van der Waals surface area contributed by atoms with Crippen molar-refractivity contribution in [3.63, 3.8) is 0 Å². The topological polar surface area (TPSA) is 70.1 Å². The number of aromatic nitrogens is 2. The first-order chi connectivity index (χ1) is 12.6. The Bertz CT molecular complexity index is 943. The maximum atomic E-state index is 12.1. The van der Waals surface area contributed by atoms with Crippen molar-refractivity contribution in [2.75, 3.05) is 0 Å². The molecule has 2 aromatic carbocycles. The van der Waals surface area contributed by atoms with Gasteiger partial charge in [0.25, 0.3) is 5.91 Å². The average molecular weight is 365 g/mol. The molecule has 130 valence electrons. The summed E-state index contributed by atoms with van der Waals surface area (Å²) in [7, 11) is 0. The van der Waals surface area contributed by atoms with Gasteiger partial charge in [0.1, 0.15) is 5.69 Å². The smallest absolute Gasteiger partial charge is 0.272 e. The largest absolute Gasteiger partial charge is 0.289 e. The number of hydrogen-bond donors (Lipinski definition) is 2. The molecule has 0 atom stereocenters. The second-order valence-corrected chi connectivity index (χ2v) is 6.11. The van der Waals surface area contributed by atoms with Gasteiger partial charge in [0.15, 0.2) is 0 Å². The first-order valence-corrected chi connectivity index (χ1v) is 8.38. The molecule has 0 saturated heterocycles. The van der Waals surface area contributed by atoms with Crippen molar-refractivity contribution in [1.29, 1.82) is 0 Å². The third-order valence-electron chi connectivity index (χ3n) is 3.59. The van der Waals surface area contributed by atoms with E-state index in [-0.39, 0.29) is 5.91 Å². The fourth-order valence-corrected chi connectivity index (χ4v) is 2.43. The monoisotopic (exact) mass is 364 g/mol. The Balaban J connectivity index is 1.62. The molecule has 0 unspecified atom stereocenters. The Labute approximate surface area is 156 Å². The molecule has 5 nitrogen and oxygen atoms in total. The van der Waals surface area contributed by atoms with Gasteiger partial charge in [0, 0.05) is 10.6 Å². The van der Waals surface area contributed by atoms with E-state index in [0.29, 0.717) is 16.4 Å². The van der Waals surface area contributed by atoms with E-state index in [0.717, 1.165) is 16.7 Å². The van der Waals surface area contributed by atoms with Crippen LogP contribution in [0.25, 0.3) is 17.3 Å². The van der Waals surface area contributed by atoms with Gasteiger partial charge >= 0.3 is 0 Å². The molecular formula is C20H17ClN4O. The summed E-state index contributed by atoms with van der Waals surface area (Å²) in [4.78, 5) is 12.1. The van der Waals surface area contributed by atoms with E-state index < -0.39 is 0 Å². The zero-order valence-electron chi connectivity index (χ0n) is 14.1. The Hall–Kier alpha value is -3.18. The van der Waals surface area contributed by atoms with Crippen LogP contribution in [-0.2, 0) is 0 Å². The number of benzene rings is 2. The summed E-state index contributed by atoms with van der Waals surface area (Å²) in [5.41, 5.74) is 6.34. The third-order valence-corrected chi connectivity index (χ3v) is 3.84. The number of carbonyl (C=O) groups excluding carboxylic acids is 1. The van der Waals surface area contributed by atoms with Crippen LogP contribution in [0.3, 0.4) is 0 Å². The molecule has 1 amide bonds. The molecule has 0 aliphatic carbocycles. The Kier molecular flexibility index (Phi) is 5.61. The van der Waals surface area contributed by atoms with Crippen LogP contribution >= 0.6 is 11.6 Å². The van der Waals surface area contributed by atoms with Gasteiger partial charge in [-0.2, -0.15) is 10.2 Å². The van der Waals surface area contributed by atoms with Crippen molar-refractivity contribution < 1.29 is 4.79 Å². The van der Waals surface area contributed by atoms with E-state index in [2.05, 4.69) is 20.7 Å². The quantitative estimate of drug-likeness (QED) is 0.515. The van der Waals surface area contributed by atoms with E-state index in [4.69, 9.17) is 11.6 Å². The number of nitrogens with one attached hydrogen (secondary N) is 2. The molecular weight excluding hydrogens is 348 g/mol. The van der Waals surface area contributed by atoms with Crippen LogP contribution < -0.4 is 5.43 Å². The van der Waals surface area contributed by atoms with Gasteiger partial charge in [0.2, 0.25) is 0 Å². The van der Waals surface area contributed by atoms with Gasteiger partial charge in [-0.3, -0.25) is 9.89 Å². The molecule has 3 rings (SSSR count). The van der Waals surface area contributed by atoms with Crippen LogP contribution in [0.4, 0.5) is 0 Å². The van der Waals surface area contributed by atoms with E-state index in [1.54, 1.807) is 24.4 Å². The number of halogens is 1. The molecule has 1 aromatic heterocycles. The molecule has 6 heteroatoms. The third kappa shape index (κ3) is 4.68. The summed E-state index contributed by atoms with van der Waals surface area (Å²) in [5.74, 6) is -0.360. The van der Waals surface area contributed by atoms with Gasteiger partial charge in [-0.1, -0.05) is 60.1 Å². The Morgan fingerprint density at radius 2 is 1.88 bits per heavy atom. The normalized spacial score (nSPS) is 11.7. The number of nitrogens with zero attached hydrogens (tertiary/aromatic N) is 2. The summed E-state index contributed by atoms with van der Waals surface area (Å²) in [6.45, 7) is 1.91. The highest BCUT2D eigenvalue weighted by atomic mass is 35.5. The van der Waals surface area contributed by atoms with Gasteiger partial charge in [-0.25, -0.2) is 5.43 Å². The van der Waals surface area contributed by atoms with Gasteiger partial charge in [-0.05, 0) is 36.3 Å². The summed E-state index contributed by atoms with van der Waals surface area (Å²) < 4.78 is 0. The van der Waals surface area contributed by atoms with Crippen LogP contribution in [0.15, 0.2) is 71.3 Å². The van der Waals surface area contributed by atoms with E-state index in [1.807, 2.05) is 55.5 Å². The predicted molar refractivity (Wildman–Crippen MR) is 105 cm³/mol. The molecule has 0 bridgehead atoms. The van der Waals surface area contributed by atoms with Gasteiger partial charge < -0.3 is 0 Å². The minimum atomic E-state index is -0.360. The lowest BCUT2D eigenvalue weighted by molar-refractivity contribution is 0.0950. The molecule has 0 radical (unpaired) electrons. The second kappa shape index (κ2) is 8.27. The first kappa shape index (κ1) is 17.6. The van der Waals surface area contributed by atoms with E-state index in [9.17, 15) is 4.79 Å². The van der Waals surface area contributed by atoms with Crippen LogP contribution in [0.5, 0.6) is 0 Å². The maximum Gasteiger partial charge on any atom is 0.289 e. The molecule has 0 spiro atoms. The maximum absolute atomic E-state index is 12.1. The number of allylic oxidation sites excluding steroid dienone is 1. The van der Waals surface area contributed by atoms with Crippen molar-refractivity contribution in [2.45, 2.75) is 6.92 Å². The Morgan fingerprint density at radius 3 is 2.62 bits per heavy atom. The van der Waals surface area contributed by atoms with E-state index >= 15 is 0 Å². The summed E-state index contributed by atoms with van der Waals surface area (Å²) in [5, 5.41) is 11.5. The number of amides is 1. The second-order valence-electron chi connectivity index (χ2n) is 5.67. The summed E-state index contributed by atoms with van der Waals surface area (Å²) in [6.07, 6.45) is 3.58. The number of carbonyl (C=O) groups is 1. The van der Waals surface area contributed by atoms with Crippen molar-refractivity contribution in [2.24, 2.45) is 5.10 Å². The predicted octanol–water partition coefficient (Wildman–Crippen LogP) is 4.55. The molecule has 0 saturated carbocycles. The van der Waals surface area contributed by atoms with Crippen LogP contribution in [0.1, 0.15) is 23.0 Å². The van der Waals surface area contributed by atoms with Crippen LogP contribution in [0.2, 0.25) is 5.02 Å². The highest BCUT2D eigenvalue weighted by Gasteiger charge is 2.10. The lowest BCUT2D eigenvalue weighted by Gasteiger charge is -1.97. The average Bonchev–Trinajstić information content (AvgIpc) is 3.13. The molecule has 0 aliphatic rings. The van der Waals surface area contributed by atoms with Gasteiger partial charge in [0.05, 0.1) is 11.9 Å². The van der Waals surface area contributed by atoms with Gasteiger partial charge in [-0.15, -0.1) is 0 Å². The number of aromatic amines is 1. The molecule has 0 aliphatic heterocycles. The number of H-pyrrole nitrogens is 1. The molecule has 1 heterocycles. The zero-order valence-corrected chi connectivity index (χ0v) is 14.9. The summed E-state index contributed by atoms with van der Waals surface area (Å²) >= 11 is 5.88. The SMILES string of the molecule is CC(/C=N/NC(=O)c1cc(-c2ccc(Cl)cc2)n[nH]1)=C\c1ccccc1. The minimum absolute atomic E-state index is 0.330. The minimum Gasteiger partial charge on any atom is -0.272 e. The standard InChI is InChI=1S/C20H17ClN4O/c1-14(11-15-5-3-2-4-6-15)13-22-25-20(26)19-12-18(23-24-19)16-7-9-17(21)10-8-16/h2-13H,1H3,(H,23,24)(H,25,26)/b14-11+,22-13+. The van der Waals surface area contributed by atoms with Crippen molar-refractivity contribution in [3.05, 3.63) is 82.5 Å². The number of hydrazone groups is 1. The highest BCUT2D eigenvalue weighted by molar-refractivity contribution is 6.30. The van der Waals surface area contributed by atoms with Crippen molar-refractivity contribution in [1.82, 2.24) is 15.6 Å². The van der Waals surface area contributed by atoms with Crippen molar-refractivity contribution in [3.8, 4) is 11.3 Å². The van der Waals surface area contributed by atoms with Crippen LogP contribution in [-0.4, -0.2) is 22.3 Å². The van der Waals surface area contributed by atoms with E-state index in [1.165, 1.54) is 0 Å². The first-order valence-electron chi connectivity index (χ1n) is 8.00. The Morgan fingerprint density at radius 1 is 1.15 bits per heavy atom. The lowest BCUT2D eigenvalue weighted by Crippen LogP contribution is -2.17. The molecule has 0 fully saturated rings. The highest BCUT2D eigenvalue weighted by Crippen LogP contribution is 2.20. The fraction of sp³-hybridized carbons (Fsp3) is 0.0500. The number of rotatable bonds is 5. The van der Waals surface area contributed by atoms with Crippen LogP contribution in [0, 0.1) is 0 Å². The lowest BCUT2D eigenvalue weighted by atomic mass is 10.1. The molecule has 26 heavy (non-hydrogen) atoms. The zero-order chi connectivity index (χ0) is 18.4. The molecule has 3 aromatic rings. The van der Waals surface area contributed by atoms with Crippen molar-refractivity contribution >= 4 is 29.8 Å². The summed E-state index contributed by atoms with van der Waals surface area (Å²) in [6, 6.07) is 18.8. The fourth-order valence-electron chi connectivity index (χ4n) is 2.31. The number of hydrogen-bond acceptors (Lipinski definition) is 3. The molecule has 2 N–H and O–H groups in total.